The Hall–Kier alpha value is 0.300. The summed E-state index contributed by atoms with van der Waals surface area (Å²) in [6, 6.07) is 4.01. The lowest BCUT2D eigenvalue weighted by Gasteiger charge is -2.09. The van der Waals surface area contributed by atoms with E-state index in [1.54, 1.807) is 11.3 Å². The summed E-state index contributed by atoms with van der Waals surface area (Å²) in [6.07, 6.45) is 2.10. The average Bonchev–Trinajstić information content (AvgIpc) is 2.47. The van der Waals surface area contributed by atoms with E-state index >= 15 is 0 Å². The molecule has 0 bridgehead atoms. The maximum absolute atomic E-state index is 5.83. The zero-order valence-electron chi connectivity index (χ0n) is 6.92. The molecule has 1 rings (SSSR count). The number of thiophene rings is 1. The van der Waals surface area contributed by atoms with Gasteiger partial charge in [-0.2, -0.15) is 11.8 Å². The van der Waals surface area contributed by atoms with Crippen molar-refractivity contribution >= 4 is 34.7 Å². The Morgan fingerprint density at radius 1 is 1.67 bits per heavy atom. The molecule has 0 radical (unpaired) electrons. The molecule has 0 aromatic carbocycles. The van der Waals surface area contributed by atoms with E-state index in [0.717, 1.165) is 10.1 Å². The molecule has 1 aromatic heterocycles. The minimum Gasteiger partial charge on any atom is -0.330 e. The van der Waals surface area contributed by atoms with E-state index in [1.807, 2.05) is 17.8 Å². The van der Waals surface area contributed by atoms with Gasteiger partial charge in [0, 0.05) is 23.1 Å². The SMILES string of the molecule is CSCC(CN)c1ccc(Cl)s1. The van der Waals surface area contributed by atoms with Crippen LogP contribution in [-0.4, -0.2) is 18.6 Å². The molecule has 1 nitrogen and oxygen atoms in total. The summed E-state index contributed by atoms with van der Waals surface area (Å²) in [6.45, 7) is 0.706. The average molecular weight is 222 g/mol. The largest absolute Gasteiger partial charge is 0.330 e. The first-order valence-electron chi connectivity index (χ1n) is 3.72. The molecule has 0 fully saturated rings. The second kappa shape index (κ2) is 5.12. The normalized spacial score (nSPS) is 13.2. The van der Waals surface area contributed by atoms with Crippen molar-refractivity contribution in [2.45, 2.75) is 5.92 Å². The number of halogens is 1. The van der Waals surface area contributed by atoms with Crippen LogP contribution in [0.1, 0.15) is 10.8 Å². The van der Waals surface area contributed by atoms with Gasteiger partial charge in [-0.25, -0.2) is 0 Å². The first-order valence-corrected chi connectivity index (χ1v) is 6.31. The molecule has 1 atom stereocenters. The first kappa shape index (κ1) is 10.4. The summed E-state index contributed by atoms with van der Waals surface area (Å²) in [5, 5.41) is 0. The third-order valence-electron chi connectivity index (χ3n) is 1.65. The van der Waals surface area contributed by atoms with Gasteiger partial charge in [0.15, 0.2) is 0 Å². The van der Waals surface area contributed by atoms with E-state index < -0.39 is 0 Å². The monoisotopic (exact) mass is 221 g/mol. The van der Waals surface area contributed by atoms with Crippen molar-refractivity contribution in [2.24, 2.45) is 5.73 Å². The maximum atomic E-state index is 5.83. The Kier molecular flexibility index (Phi) is 4.43. The number of nitrogens with two attached hydrogens (primary N) is 1. The van der Waals surface area contributed by atoms with Gasteiger partial charge in [0.25, 0.3) is 0 Å². The Balaban J connectivity index is 2.66. The van der Waals surface area contributed by atoms with E-state index in [2.05, 4.69) is 12.3 Å². The minimum absolute atomic E-state index is 0.470. The van der Waals surface area contributed by atoms with E-state index in [1.165, 1.54) is 4.88 Å². The van der Waals surface area contributed by atoms with Crippen LogP contribution in [0.4, 0.5) is 0 Å². The van der Waals surface area contributed by atoms with Crippen molar-refractivity contribution in [2.75, 3.05) is 18.6 Å². The number of hydrogen-bond donors (Lipinski definition) is 1. The second-order valence-electron chi connectivity index (χ2n) is 2.53. The zero-order valence-corrected chi connectivity index (χ0v) is 9.31. The van der Waals surface area contributed by atoms with Gasteiger partial charge in [-0.15, -0.1) is 11.3 Å². The van der Waals surface area contributed by atoms with Crippen LogP contribution in [0, 0.1) is 0 Å². The highest BCUT2D eigenvalue weighted by Gasteiger charge is 2.10. The third kappa shape index (κ3) is 2.66. The molecule has 1 aromatic rings. The van der Waals surface area contributed by atoms with Crippen molar-refractivity contribution in [3.05, 3.63) is 21.3 Å². The van der Waals surface area contributed by atoms with Gasteiger partial charge in [0.05, 0.1) is 4.34 Å². The first-order chi connectivity index (χ1) is 5.77. The smallest absolute Gasteiger partial charge is 0.0931 e. The molecule has 0 aliphatic rings. The van der Waals surface area contributed by atoms with Crippen molar-refractivity contribution in [1.82, 2.24) is 0 Å². The fourth-order valence-corrected chi connectivity index (χ4v) is 3.01. The molecule has 0 spiro atoms. The lowest BCUT2D eigenvalue weighted by atomic mass is 10.1. The molecule has 1 heterocycles. The van der Waals surface area contributed by atoms with Crippen LogP contribution in [0.25, 0.3) is 0 Å². The standard InChI is InChI=1S/C8H12ClNS2/c1-11-5-6(4-10)7-2-3-8(9)12-7/h2-3,6H,4-5,10H2,1H3. The molecule has 1 unspecified atom stereocenters. The van der Waals surface area contributed by atoms with Gasteiger partial charge in [0.1, 0.15) is 0 Å². The van der Waals surface area contributed by atoms with Crippen molar-refractivity contribution in [3.8, 4) is 0 Å². The summed E-state index contributed by atoms with van der Waals surface area (Å²) in [5.41, 5.74) is 5.65. The van der Waals surface area contributed by atoms with E-state index in [0.29, 0.717) is 12.5 Å². The molecule has 12 heavy (non-hydrogen) atoms. The molecule has 0 saturated carbocycles. The number of hydrogen-bond acceptors (Lipinski definition) is 3. The summed E-state index contributed by atoms with van der Waals surface area (Å²) < 4.78 is 0.851. The van der Waals surface area contributed by atoms with Gasteiger partial charge in [-0.05, 0) is 18.4 Å². The highest BCUT2D eigenvalue weighted by molar-refractivity contribution is 7.98. The van der Waals surface area contributed by atoms with Crippen LogP contribution < -0.4 is 5.73 Å². The Morgan fingerprint density at radius 2 is 2.42 bits per heavy atom. The number of rotatable bonds is 4. The molecule has 0 saturated heterocycles. The van der Waals surface area contributed by atoms with Gasteiger partial charge >= 0.3 is 0 Å². The summed E-state index contributed by atoms with van der Waals surface area (Å²) >= 11 is 9.29. The fraction of sp³-hybridized carbons (Fsp3) is 0.500. The highest BCUT2D eigenvalue weighted by atomic mass is 35.5. The lowest BCUT2D eigenvalue weighted by molar-refractivity contribution is 0.802. The summed E-state index contributed by atoms with van der Waals surface area (Å²) in [5.74, 6) is 1.55. The molecule has 68 valence electrons. The molecular weight excluding hydrogens is 210 g/mol. The molecule has 0 amide bonds. The van der Waals surface area contributed by atoms with E-state index in [4.69, 9.17) is 17.3 Å². The lowest BCUT2D eigenvalue weighted by Crippen LogP contribution is -2.13. The molecule has 0 aliphatic carbocycles. The second-order valence-corrected chi connectivity index (χ2v) is 5.19. The van der Waals surface area contributed by atoms with Crippen LogP contribution in [0.5, 0.6) is 0 Å². The van der Waals surface area contributed by atoms with Crippen molar-refractivity contribution in [1.29, 1.82) is 0 Å². The van der Waals surface area contributed by atoms with Gasteiger partial charge in [-0.1, -0.05) is 11.6 Å². The molecular formula is C8H12ClNS2. The maximum Gasteiger partial charge on any atom is 0.0931 e. The Labute approximate surface area is 86.3 Å². The van der Waals surface area contributed by atoms with Crippen LogP contribution in [0.2, 0.25) is 4.34 Å². The quantitative estimate of drug-likeness (QED) is 0.847. The van der Waals surface area contributed by atoms with Crippen LogP contribution in [-0.2, 0) is 0 Å². The Morgan fingerprint density at radius 3 is 2.83 bits per heavy atom. The van der Waals surface area contributed by atoms with Crippen LogP contribution in [0.3, 0.4) is 0 Å². The molecule has 2 N–H and O–H groups in total. The molecule has 0 aliphatic heterocycles. The fourth-order valence-electron chi connectivity index (χ4n) is 1.02. The summed E-state index contributed by atoms with van der Waals surface area (Å²) in [7, 11) is 0. The van der Waals surface area contributed by atoms with Gasteiger partial charge in [0.2, 0.25) is 0 Å². The zero-order chi connectivity index (χ0) is 8.97. The predicted octanol–water partition coefficient (Wildman–Crippen LogP) is 2.81. The predicted molar refractivity (Wildman–Crippen MR) is 59.5 cm³/mol. The van der Waals surface area contributed by atoms with E-state index in [9.17, 15) is 0 Å². The minimum atomic E-state index is 0.470. The van der Waals surface area contributed by atoms with Gasteiger partial charge < -0.3 is 5.73 Å². The van der Waals surface area contributed by atoms with Crippen molar-refractivity contribution in [3.63, 3.8) is 0 Å². The number of thioether (sulfide) groups is 1. The third-order valence-corrected chi connectivity index (χ3v) is 3.78. The van der Waals surface area contributed by atoms with Crippen molar-refractivity contribution < 1.29 is 0 Å². The highest BCUT2D eigenvalue weighted by Crippen LogP contribution is 2.29. The van der Waals surface area contributed by atoms with Crippen LogP contribution in [0.15, 0.2) is 12.1 Å². The summed E-state index contributed by atoms with van der Waals surface area (Å²) in [4.78, 5) is 1.30. The van der Waals surface area contributed by atoms with Crippen LogP contribution >= 0.6 is 34.7 Å². The topological polar surface area (TPSA) is 26.0 Å². The molecule has 4 heteroatoms. The van der Waals surface area contributed by atoms with E-state index in [-0.39, 0.29) is 0 Å². The Bertz CT molecular complexity index is 237. The van der Waals surface area contributed by atoms with Gasteiger partial charge in [-0.3, -0.25) is 0 Å².